The third-order valence-electron chi connectivity index (χ3n) is 2.49. The molecule has 1 saturated carbocycles. The molecule has 1 rings (SSSR count). The smallest absolute Gasteiger partial charge is 0.253 e. The van der Waals surface area contributed by atoms with Crippen LogP contribution in [0.15, 0.2) is 0 Å². The Hall–Kier alpha value is 0.110. The molecule has 1 aliphatic rings. The van der Waals surface area contributed by atoms with Crippen LogP contribution < -0.4 is 5.73 Å². The quantitative estimate of drug-likeness (QED) is 0.727. The van der Waals surface area contributed by atoms with Gasteiger partial charge in [0, 0.05) is 0 Å². The number of nitrogens with two attached hydrogens (primary N) is 1. The molecular weight excluding hydrogens is 184 g/mol. The van der Waals surface area contributed by atoms with Gasteiger partial charge in [-0.05, 0) is 18.8 Å². The van der Waals surface area contributed by atoms with Crippen molar-refractivity contribution in [3.05, 3.63) is 0 Å². The Bertz CT molecular complexity index is 116. The highest BCUT2D eigenvalue weighted by Crippen LogP contribution is 2.27. The van der Waals surface area contributed by atoms with Crippen molar-refractivity contribution < 1.29 is 8.78 Å². The van der Waals surface area contributed by atoms with Crippen molar-refractivity contribution in [3.63, 3.8) is 0 Å². The molecule has 0 aliphatic heterocycles. The van der Waals surface area contributed by atoms with Crippen molar-refractivity contribution in [2.24, 2.45) is 11.7 Å². The summed E-state index contributed by atoms with van der Waals surface area (Å²) in [5.74, 6) is 0.0729. The van der Waals surface area contributed by atoms with E-state index in [4.69, 9.17) is 5.73 Å². The lowest BCUT2D eigenvalue weighted by Crippen LogP contribution is -2.37. The van der Waals surface area contributed by atoms with Gasteiger partial charge >= 0.3 is 0 Å². The van der Waals surface area contributed by atoms with Gasteiger partial charge in [0.25, 0.3) is 6.43 Å². The molecule has 0 aromatic carbocycles. The summed E-state index contributed by atoms with van der Waals surface area (Å²) in [4.78, 5) is 0. The summed E-state index contributed by atoms with van der Waals surface area (Å²) < 4.78 is 24.2. The summed E-state index contributed by atoms with van der Waals surface area (Å²) in [6.07, 6.45) is 2.79. The van der Waals surface area contributed by atoms with Gasteiger partial charge in [-0.1, -0.05) is 19.3 Å². The van der Waals surface area contributed by atoms with Crippen molar-refractivity contribution >= 4 is 12.4 Å². The van der Waals surface area contributed by atoms with Gasteiger partial charge in [-0.2, -0.15) is 0 Å². The zero-order valence-electron chi connectivity index (χ0n) is 7.01. The first kappa shape index (κ1) is 12.1. The Morgan fingerprint density at radius 3 is 2.00 bits per heavy atom. The second kappa shape index (κ2) is 5.70. The molecule has 0 radical (unpaired) electrons. The van der Waals surface area contributed by atoms with E-state index in [1.165, 1.54) is 6.42 Å². The van der Waals surface area contributed by atoms with E-state index in [1.54, 1.807) is 0 Å². The fraction of sp³-hybridized carbons (Fsp3) is 1.00. The molecule has 4 heteroatoms. The molecule has 0 spiro atoms. The predicted octanol–water partition coefficient (Wildman–Crippen LogP) is 2.58. The zero-order chi connectivity index (χ0) is 8.27. The van der Waals surface area contributed by atoms with Crippen molar-refractivity contribution in [2.75, 3.05) is 0 Å². The summed E-state index contributed by atoms with van der Waals surface area (Å²) in [5.41, 5.74) is 5.34. The van der Waals surface area contributed by atoms with Gasteiger partial charge in [-0.15, -0.1) is 12.4 Å². The second-order valence-corrected chi connectivity index (χ2v) is 3.31. The summed E-state index contributed by atoms with van der Waals surface area (Å²) in [7, 11) is 0. The topological polar surface area (TPSA) is 26.0 Å². The minimum absolute atomic E-state index is 0. The van der Waals surface area contributed by atoms with Gasteiger partial charge in [0.05, 0.1) is 6.04 Å². The van der Waals surface area contributed by atoms with E-state index < -0.39 is 12.5 Å². The third kappa shape index (κ3) is 3.23. The maximum absolute atomic E-state index is 12.1. The highest BCUT2D eigenvalue weighted by molar-refractivity contribution is 5.85. The van der Waals surface area contributed by atoms with Gasteiger partial charge in [-0.3, -0.25) is 0 Å². The number of halogens is 3. The lowest BCUT2D eigenvalue weighted by Gasteiger charge is -2.26. The van der Waals surface area contributed by atoms with Crippen LogP contribution in [0.3, 0.4) is 0 Å². The first-order chi connectivity index (χ1) is 5.22. The van der Waals surface area contributed by atoms with Crippen molar-refractivity contribution in [2.45, 2.75) is 44.6 Å². The van der Waals surface area contributed by atoms with Crippen LogP contribution >= 0.6 is 12.4 Å². The summed E-state index contributed by atoms with van der Waals surface area (Å²) in [6.45, 7) is 0. The molecule has 0 bridgehead atoms. The molecule has 1 nitrogen and oxygen atoms in total. The molecule has 2 N–H and O–H groups in total. The van der Waals surface area contributed by atoms with Crippen LogP contribution in [0.25, 0.3) is 0 Å². The summed E-state index contributed by atoms with van der Waals surface area (Å²) in [5, 5.41) is 0. The zero-order valence-corrected chi connectivity index (χ0v) is 7.83. The molecule has 0 saturated heterocycles. The first-order valence-corrected chi connectivity index (χ1v) is 4.25. The number of rotatable bonds is 2. The molecule has 12 heavy (non-hydrogen) atoms. The monoisotopic (exact) mass is 199 g/mol. The van der Waals surface area contributed by atoms with E-state index in [1.807, 2.05) is 0 Å². The second-order valence-electron chi connectivity index (χ2n) is 3.31. The molecule has 1 atom stereocenters. The van der Waals surface area contributed by atoms with Crippen LogP contribution in [0, 0.1) is 5.92 Å². The van der Waals surface area contributed by atoms with Crippen LogP contribution in [-0.4, -0.2) is 12.5 Å². The molecule has 0 aromatic heterocycles. The summed E-state index contributed by atoms with van der Waals surface area (Å²) >= 11 is 0. The molecule has 0 amide bonds. The largest absolute Gasteiger partial charge is 0.323 e. The van der Waals surface area contributed by atoms with Crippen molar-refractivity contribution in [1.29, 1.82) is 0 Å². The van der Waals surface area contributed by atoms with Gasteiger partial charge in [0.15, 0.2) is 0 Å². The predicted molar refractivity (Wildman–Crippen MR) is 47.8 cm³/mol. The average Bonchev–Trinajstić information content (AvgIpc) is 2.05. The maximum atomic E-state index is 12.1. The van der Waals surface area contributed by atoms with E-state index in [0.717, 1.165) is 25.7 Å². The van der Waals surface area contributed by atoms with Gasteiger partial charge in [-0.25, -0.2) is 8.78 Å². The standard InChI is InChI=1S/C8H15F2N.ClH/c9-8(10)7(11)6-4-2-1-3-5-6;/h6-8H,1-5,11H2;1H/t7-;/m0./s1. The van der Waals surface area contributed by atoms with Crippen LogP contribution in [0.1, 0.15) is 32.1 Å². The molecule has 0 heterocycles. The Morgan fingerprint density at radius 1 is 1.08 bits per heavy atom. The van der Waals surface area contributed by atoms with Crippen LogP contribution in [-0.2, 0) is 0 Å². The number of hydrogen-bond donors (Lipinski definition) is 1. The Labute approximate surface area is 78.1 Å². The van der Waals surface area contributed by atoms with Crippen molar-refractivity contribution in [1.82, 2.24) is 0 Å². The fourth-order valence-corrected chi connectivity index (χ4v) is 1.72. The van der Waals surface area contributed by atoms with E-state index >= 15 is 0 Å². The minimum Gasteiger partial charge on any atom is -0.323 e. The fourth-order valence-electron chi connectivity index (χ4n) is 1.72. The number of alkyl halides is 2. The minimum atomic E-state index is -2.34. The Balaban J connectivity index is 0.00000121. The van der Waals surface area contributed by atoms with Gasteiger partial charge < -0.3 is 5.73 Å². The highest BCUT2D eigenvalue weighted by Gasteiger charge is 2.26. The van der Waals surface area contributed by atoms with Crippen molar-refractivity contribution in [3.8, 4) is 0 Å². The van der Waals surface area contributed by atoms with Crippen LogP contribution in [0.5, 0.6) is 0 Å². The highest BCUT2D eigenvalue weighted by atomic mass is 35.5. The van der Waals surface area contributed by atoms with E-state index in [9.17, 15) is 8.78 Å². The van der Waals surface area contributed by atoms with E-state index in [2.05, 4.69) is 0 Å². The molecule has 0 aromatic rings. The normalized spacial score (nSPS) is 22.0. The van der Waals surface area contributed by atoms with Gasteiger partial charge in [0.1, 0.15) is 0 Å². The molecule has 1 aliphatic carbocycles. The first-order valence-electron chi connectivity index (χ1n) is 4.25. The van der Waals surface area contributed by atoms with Gasteiger partial charge in [0.2, 0.25) is 0 Å². The molecule has 1 fully saturated rings. The average molecular weight is 200 g/mol. The maximum Gasteiger partial charge on any atom is 0.253 e. The SMILES string of the molecule is Cl.N[C@H](C(F)F)C1CCCCC1. The number of hydrogen-bond acceptors (Lipinski definition) is 1. The van der Waals surface area contributed by atoms with E-state index in [-0.39, 0.29) is 18.3 Å². The van der Waals surface area contributed by atoms with Crippen LogP contribution in [0.2, 0.25) is 0 Å². The lowest BCUT2D eigenvalue weighted by molar-refractivity contribution is 0.0774. The molecule has 74 valence electrons. The third-order valence-corrected chi connectivity index (χ3v) is 2.49. The summed E-state index contributed by atoms with van der Waals surface area (Å²) in [6, 6.07) is -0.879. The van der Waals surface area contributed by atoms with Crippen LogP contribution in [0.4, 0.5) is 8.78 Å². The molecular formula is C8H16ClF2N. The van der Waals surface area contributed by atoms with E-state index in [0.29, 0.717) is 0 Å². The Morgan fingerprint density at radius 2 is 1.58 bits per heavy atom. The molecule has 0 unspecified atom stereocenters. The Kier molecular flexibility index (Phi) is 5.76. The lowest BCUT2D eigenvalue weighted by atomic mass is 9.84.